The first kappa shape index (κ1) is 15.0. The van der Waals surface area contributed by atoms with Gasteiger partial charge >= 0.3 is 5.97 Å². The molecular formula is C16H24N2O2. The van der Waals surface area contributed by atoms with Crippen LogP contribution in [0.2, 0.25) is 0 Å². The number of nitrogens with zero attached hydrogens (tertiary/aromatic N) is 2. The van der Waals surface area contributed by atoms with Crippen LogP contribution in [0, 0.1) is 0 Å². The van der Waals surface area contributed by atoms with Crippen molar-refractivity contribution in [3.05, 3.63) is 35.9 Å². The molecule has 1 aromatic rings. The zero-order chi connectivity index (χ0) is 14.5. The van der Waals surface area contributed by atoms with Gasteiger partial charge in [0.05, 0.1) is 6.54 Å². The summed E-state index contributed by atoms with van der Waals surface area (Å²) in [7, 11) is 0. The van der Waals surface area contributed by atoms with Gasteiger partial charge in [-0.15, -0.1) is 0 Å². The third kappa shape index (κ3) is 3.58. The molecular weight excluding hydrogens is 252 g/mol. The molecule has 1 heterocycles. The van der Waals surface area contributed by atoms with Crippen LogP contribution in [-0.2, 0) is 4.79 Å². The Kier molecular flexibility index (Phi) is 5.15. The number of hydrogen-bond acceptors (Lipinski definition) is 3. The highest BCUT2D eigenvalue weighted by molar-refractivity contribution is 5.69. The van der Waals surface area contributed by atoms with Gasteiger partial charge in [-0.05, 0) is 25.5 Å². The van der Waals surface area contributed by atoms with E-state index in [2.05, 4.69) is 41.0 Å². The maximum absolute atomic E-state index is 10.9. The number of likely N-dealkylation sites (N-methyl/N-ethyl adjacent to an activating group) is 1. The smallest absolute Gasteiger partial charge is 0.317 e. The van der Waals surface area contributed by atoms with Crippen molar-refractivity contribution in [2.45, 2.75) is 32.4 Å². The number of hydrogen-bond donors (Lipinski definition) is 1. The summed E-state index contributed by atoms with van der Waals surface area (Å²) in [6, 6.07) is 11.3. The molecule has 0 aromatic heterocycles. The van der Waals surface area contributed by atoms with E-state index in [9.17, 15) is 4.79 Å². The first-order valence-electron chi connectivity index (χ1n) is 7.36. The minimum absolute atomic E-state index is 0.148. The fourth-order valence-corrected chi connectivity index (χ4v) is 3.03. The first-order chi connectivity index (χ1) is 9.61. The molecule has 2 rings (SSSR count). The minimum Gasteiger partial charge on any atom is -0.480 e. The van der Waals surface area contributed by atoms with E-state index in [1.807, 2.05) is 13.0 Å². The quantitative estimate of drug-likeness (QED) is 0.865. The number of carboxylic acids is 1. The van der Waals surface area contributed by atoms with E-state index in [4.69, 9.17) is 5.11 Å². The van der Waals surface area contributed by atoms with E-state index in [-0.39, 0.29) is 6.54 Å². The molecule has 2 atom stereocenters. The van der Waals surface area contributed by atoms with Gasteiger partial charge in [0.2, 0.25) is 0 Å². The van der Waals surface area contributed by atoms with Gasteiger partial charge < -0.3 is 5.11 Å². The van der Waals surface area contributed by atoms with Crippen LogP contribution in [0.3, 0.4) is 0 Å². The molecule has 2 unspecified atom stereocenters. The summed E-state index contributed by atoms with van der Waals surface area (Å²) < 4.78 is 0. The van der Waals surface area contributed by atoms with Crippen molar-refractivity contribution in [3.63, 3.8) is 0 Å². The predicted octanol–water partition coefficient (Wildman–Crippen LogP) is 2.23. The van der Waals surface area contributed by atoms with Gasteiger partial charge in [0.25, 0.3) is 0 Å². The number of aliphatic carboxylic acids is 1. The van der Waals surface area contributed by atoms with Crippen LogP contribution in [0.1, 0.15) is 31.9 Å². The normalized spacial score (nSPS) is 21.2. The molecule has 1 N–H and O–H groups in total. The second-order valence-electron chi connectivity index (χ2n) is 5.48. The summed E-state index contributed by atoms with van der Waals surface area (Å²) in [5.74, 6) is -0.735. The van der Waals surface area contributed by atoms with Crippen LogP contribution >= 0.6 is 0 Å². The topological polar surface area (TPSA) is 43.8 Å². The van der Waals surface area contributed by atoms with E-state index < -0.39 is 5.97 Å². The fourth-order valence-electron chi connectivity index (χ4n) is 3.03. The molecule has 0 saturated carbocycles. The van der Waals surface area contributed by atoms with Gasteiger partial charge in [-0.2, -0.15) is 0 Å². The highest BCUT2D eigenvalue weighted by atomic mass is 16.4. The van der Waals surface area contributed by atoms with E-state index in [0.717, 1.165) is 26.1 Å². The maximum Gasteiger partial charge on any atom is 0.317 e. The van der Waals surface area contributed by atoms with E-state index >= 15 is 0 Å². The van der Waals surface area contributed by atoms with Crippen LogP contribution in [0.25, 0.3) is 0 Å². The number of rotatable bonds is 6. The zero-order valence-corrected chi connectivity index (χ0v) is 12.3. The van der Waals surface area contributed by atoms with Gasteiger partial charge in [-0.3, -0.25) is 14.6 Å². The van der Waals surface area contributed by atoms with Gasteiger partial charge in [0.1, 0.15) is 0 Å². The lowest BCUT2D eigenvalue weighted by Crippen LogP contribution is -2.40. The van der Waals surface area contributed by atoms with Crippen molar-refractivity contribution in [3.8, 4) is 0 Å². The maximum atomic E-state index is 10.9. The lowest BCUT2D eigenvalue weighted by atomic mass is 10.1. The highest BCUT2D eigenvalue weighted by Gasteiger charge is 2.30. The Morgan fingerprint density at radius 2 is 2.15 bits per heavy atom. The first-order valence-corrected chi connectivity index (χ1v) is 7.36. The Balaban J connectivity index is 1.96. The summed E-state index contributed by atoms with van der Waals surface area (Å²) in [6.45, 7) is 7.20. The monoisotopic (exact) mass is 276 g/mol. The van der Waals surface area contributed by atoms with Crippen LogP contribution in [0.5, 0.6) is 0 Å². The summed E-state index contributed by atoms with van der Waals surface area (Å²) in [5.41, 5.74) is 1.33. The molecule has 1 fully saturated rings. The molecule has 0 amide bonds. The standard InChI is InChI=1S/C16H24N2O2/c1-3-17(12-16(19)20)15-9-10-18(11-15)13(2)14-7-5-4-6-8-14/h4-8,13,15H,3,9-12H2,1-2H3,(H,19,20). The molecule has 0 aliphatic carbocycles. The van der Waals surface area contributed by atoms with E-state index in [0.29, 0.717) is 12.1 Å². The molecule has 1 saturated heterocycles. The minimum atomic E-state index is -0.735. The zero-order valence-electron chi connectivity index (χ0n) is 12.3. The Morgan fingerprint density at radius 1 is 1.45 bits per heavy atom. The van der Waals surface area contributed by atoms with Crippen molar-refractivity contribution >= 4 is 5.97 Å². The predicted molar refractivity (Wildman–Crippen MR) is 79.7 cm³/mol. The number of carbonyl (C=O) groups is 1. The third-order valence-electron chi connectivity index (χ3n) is 4.29. The molecule has 4 nitrogen and oxygen atoms in total. The Hall–Kier alpha value is -1.39. The summed E-state index contributed by atoms with van der Waals surface area (Å²) in [5, 5.41) is 8.97. The number of benzene rings is 1. The van der Waals surface area contributed by atoms with Gasteiger partial charge in [0.15, 0.2) is 0 Å². The van der Waals surface area contributed by atoms with Crippen molar-refractivity contribution in [1.82, 2.24) is 9.80 Å². The second-order valence-corrected chi connectivity index (χ2v) is 5.48. The SMILES string of the molecule is CCN(CC(=O)O)C1CCN(C(C)c2ccccc2)C1. The van der Waals surface area contributed by atoms with Crippen LogP contribution in [-0.4, -0.2) is 53.1 Å². The van der Waals surface area contributed by atoms with Crippen LogP contribution in [0.15, 0.2) is 30.3 Å². The Bertz CT molecular complexity index is 435. The van der Waals surface area contributed by atoms with Crippen molar-refractivity contribution < 1.29 is 9.90 Å². The Morgan fingerprint density at radius 3 is 2.75 bits per heavy atom. The molecule has 1 aliphatic rings. The van der Waals surface area contributed by atoms with E-state index in [1.54, 1.807) is 0 Å². The number of likely N-dealkylation sites (tertiary alicyclic amines) is 1. The fraction of sp³-hybridized carbons (Fsp3) is 0.562. The molecule has 1 aliphatic heterocycles. The Labute approximate surface area is 121 Å². The second kappa shape index (κ2) is 6.86. The molecule has 20 heavy (non-hydrogen) atoms. The van der Waals surface area contributed by atoms with Crippen LogP contribution < -0.4 is 0 Å². The lowest BCUT2D eigenvalue weighted by Gasteiger charge is -2.28. The van der Waals surface area contributed by atoms with Gasteiger partial charge in [-0.1, -0.05) is 37.3 Å². The average molecular weight is 276 g/mol. The average Bonchev–Trinajstić information content (AvgIpc) is 2.94. The molecule has 110 valence electrons. The van der Waals surface area contributed by atoms with E-state index in [1.165, 1.54) is 5.56 Å². The van der Waals surface area contributed by atoms with Gasteiger partial charge in [-0.25, -0.2) is 0 Å². The molecule has 0 bridgehead atoms. The summed E-state index contributed by atoms with van der Waals surface area (Å²) in [4.78, 5) is 15.4. The van der Waals surface area contributed by atoms with Crippen molar-refractivity contribution in [2.24, 2.45) is 0 Å². The molecule has 1 aromatic carbocycles. The van der Waals surface area contributed by atoms with Crippen molar-refractivity contribution in [2.75, 3.05) is 26.2 Å². The lowest BCUT2D eigenvalue weighted by molar-refractivity contribution is -0.138. The summed E-state index contributed by atoms with van der Waals surface area (Å²) >= 11 is 0. The largest absolute Gasteiger partial charge is 0.480 e. The van der Waals surface area contributed by atoms with Crippen LogP contribution in [0.4, 0.5) is 0 Å². The number of carboxylic acid groups (broad SMARTS) is 1. The molecule has 0 spiro atoms. The summed E-state index contributed by atoms with van der Waals surface area (Å²) in [6.07, 6.45) is 1.05. The van der Waals surface area contributed by atoms with Crippen molar-refractivity contribution in [1.29, 1.82) is 0 Å². The highest BCUT2D eigenvalue weighted by Crippen LogP contribution is 2.26. The molecule has 0 radical (unpaired) electrons. The third-order valence-corrected chi connectivity index (χ3v) is 4.29. The van der Waals surface area contributed by atoms with Gasteiger partial charge in [0, 0.05) is 25.2 Å². The molecule has 4 heteroatoms.